The molecule has 1 aliphatic carbocycles. The lowest BCUT2D eigenvalue weighted by molar-refractivity contribution is 0.102. The summed E-state index contributed by atoms with van der Waals surface area (Å²) in [5.74, 6) is 0.752. The quantitative estimate of drug-likeness (QED) is 0.501. The molecule has 5 rings (SSSR count). The molecule has 2 N–H and O–H groups in total. The van der Waals surface area contributed by atoms with Crippen molar-refractivity contribution in [2.75, 3.05) is 19.5 Å². The molecule has 3 aromatic heterocycles. The van der Waals surface area contributed by atoms with Gasteiger partial charge in [-0.2, -0.15) is 10.2 Å². The zero-order chi connectivity index (χ0) is 22.2. The Morgan fingerprint density at radius 2 is 2.16 bits per heavy atom. The summed E-state index contributed by atoms with van der Waals surface area (Å²) in [7, 11) is 3.60. The lowest BCUT2D eigenvalue weighted by atomic mass is 9.83. The average molecular weight is 434 g/mol. The van der Waals surface area contributed by atoms with Crippen molar-refractivity contribution < 1.29 is 9.53 Å². The van der Waals surface area contributed by atoms with Crippen molar-refractivity contribution in [1.29, 1.82) is 0 Å². The smallest absolute Gasteiger partial charge is 0.259 e. The number of carbonyl (C=O) groups is 1. The Kier molecular flexibility index (Phi) is 5.26. The van der Waals surface area contributed by atoms with Crippen LogP contribution in [0.1, 0.15) is 42.6 Å². The Morgan fingerprint density at radius 3 is 2.94 bits per heavy atom. The summed E-state index contributed by atoms with van der Waals surface area (Å²) in [6.45, 7) is 2.28. The fourth-order valence-electron chi connectivity index (χ4n) is 4.75. The van der Waals surface area contributed by atoms with Gasteiger partial charge < -0.3 is 15.4 Å². The lowest BCUT2D eigenvalue weighted by Crippen LogP contribution is -2.35. The molecule has 9 heteroatoms. The fourth-order valence-corrected chi connectivity index (χ4v) is 4.75. The first kappa shape index (κ1) is 20.4. The summed E-state index contributed by atoms with van der Waals surface area (Å²) in [4.78, 5) is 17.2. The van der Waals surface area contributed by atoms with E-state index in [0.29, 0.717) is 35.0 Å². The van der Waals surface area contributed by atoms with Gasteiger partial charge in [-0.05, 0) is 44.4 Å². The van der Waals surface area contributed by atoms with Crippen molar-refractivity contribution in [3.8, 4) is 5.75 Å². The molecule has 4 aromatic rings. The van der Waals surface area contributed by atoms with Crippen molar-refractivity contribution in [1.82, 2.24) is 29.7 Å². The maximum Gasteiger partial charge on any atom is 0.259 e. The molecule has 0 radical (unpaired) electrons. The molecule has 1 fully saturated rings. The number of rotatable bonds is 5. The van der Waals surface area contributed by atoms with Gasteiger partial charge in [-0.15, -0.1) is 0 Å². The van der Waals surface area contributed by atoms with Crippen LogP contribution in [0.3, 0.4) is 0 Å². The summed E-state index contributed by atoms with van der Waals surface area (Å²) in [5, 5.41) is 16.3. The number of methoxy groups -OCH3 is 1. The third-order valence-corrected chi connectivity index (χ3v) is 6.54. The predicted molar refractivity (Wildman–Crippen MR) is 122 cm³/mol. The van der Waals surface area contributed by atoms with Crippen LogP contribution in [0.5, 0.6) is 5.75 Å². The van der Waals surface area contributed by atoms with Gasteiger partial charge in [0.2, 0.25) is 0 Å². The molecule has 32 heavy (non-hydrogen) atoms. The zero-order valence-corrected chi connectivity index (χ0v) is 18.4. The van der Waals surface area contributed by atoms with Crippen LogP contribution < -0.4 is 15.4 Å². The topological polar surface area (TPSA) is 98.4 Å². The van der Waals surface area contributed by atoms with Gasteiger partial charge in [-0.25, -0.2) is 9.50 Å². The molecule has 0 aliphatic heterocycles. The summed E-state index contributed by atoms with van der Waals surface area (Å²) < 4.78 is 9.22. The molecule has 1 amide bonds. The highest BCUT2D eigenvalue weighted by Crippen LogP contribution is 2.35. The number of nitrogens with zero attached hydrogens (tertiary/aromatic N) is 5. The van der Waals surface area contributed by atoms with E-state index in [0.717, 1.165) is 35.7 Å². The van der Waals surface area contributed by atoms with Gasteiger partial charge >= 0.3 is 0 Å². The Morgan fingerprint density at radius 1 is 1.28 bits per heavy atom. The predicted octanol–water partition coefficient (Wildman–Crippen LogP) is 3.29. The van der Waals surface area contributed by atoms with E-state index in [2.05, 4.69) is 32.3 Å². The van der Waals surface area contributed by atoms with E-state index < -0.39 is 0 Å². The van der Waals surface area contributed by atoms with E-state index in [1.165, 1.54) is 0 Å². The molecule has 1 saturated carbocycles. The molecule has 0 saturated heterocycles. The minimum Gasteiger partial charge on any atom is -0.496 e. The lowest BCUT2D eigenvalue weighted by Gasteiger charge is -2.34. The molecule has 1 aromatic carbocycles. The zero-order valence-electron chi connectivity index (χ0n) is 18.4. The summed E-state index contributed by atoms with van der Waals surface area (Å²) in [6.07, 6.45) is 10.3. The largest absolute Gasteiger partial charge is 0.496 e. The minimum atomic E-state index is -0.258. The van der Waals surface area contributed by atoms with Crippen LogP contribution in [-0.2, 0) is 0 Å². The fraction of sp³-hybridized carbons (Fsp3) is 0.391. The Balaban J connectivity index is 1.45. The number of fused-ring (bicyclic) bond motifs is 2. The van der Waals surface area contributed by atoms with Crippen LogP contribution in [0, 0.1) is 5.92 Å². The molecular weight excluding hydrogens is 406 g/mol. The van der Waals surface area contributed by atoms with E-state index in [4.69, 9.17) is 9.84 Å². The summed E-state index contributed by atoms with van der Waals surface area (Å²) in [5.41, 5.74) is 2.67. The summed E-state index contributed by atoms with van der Waals surface area (Å²) >= 11 is 0. The van der Waals surface area contributed by atoms with Gasteiger partial charge in [0.05, 0.1) is 41.6 Å². The highest BCUT2D eigenvalue weighted by molar-refractivity contribution is 6.09. The van der Waals surface area contributed by atoms with Crippen LogP contribution in [0.25, 0.3) is 16.4 Å². The van der Waals surface area contributed by atoms with Gasteiger partial charge in [-0.1, -0.05) is 6.92 Å². The Bertz CT molecular complexity index is 1280. The first-order chi connectivity index (χ1) is 15.6. The van der Waals surface area contributed by atoms with Crippen molar-refractivity contribution >= 4 is 28.0 Å². The van der Waals surface area contributed by atoms with Crippen molar-refractivity contribution in [3.63, 3.8) is 0 Å². The summed E-state index contributed by atoms with van der Waals surface area (Å²) in [6, 6.07) is 6.41. The molecule has 1 unspecified atom stereocenters. The highest BCUT2D eigenvalue weighted by Gasteiger charge is 2.29. The maximum absolute atomic E-state index is 13.1. The molecule has 0 spiro atoms. The van der Waals surface area contributed by atoms with Crippen LogP contribution in [0.15, 0.2) is 43.1 Å². The van der Waals surface area contributed by atoms with E-state index in [9.17, 15) is 4.79 Å². The Hall–Kier alpha value is -3.46. The number of hydrogen-bond donors (Lipinski definition) is 2. The SMILES string of the molecule is CNC1CC[C@H](n2cc3cc(C(=O)Nc4cnn5cnccc45)c(OC)cc3n2)[C@@H](C)C1. The second-order valence-electron chi connectivity index (χ2n) is 8.49. The van der Waals surface area contributed by atoms with Crippen molar-refractivity contribution in [3.05, 3.63) is 48.7 Å². The number of aromatic nitrogens is 5. The standard InChI is InChI=1S/C23H27N7O2/c1-14-8-16(24-2)4-5-20(14)29-12-15-9-17(22(32-3)10-18(15)28-29)23(31)27-19-11-26-30-13-25-7-6-21(19)30/h6-7,9-14,16,20,24H,4-5,8H2,1-3H3,(H,27,31)/t14-,16?,20-/m0/s1. The van der Waals surface area contributed by atoms with Crippen molar-refractivity contribution in [2.45, 2.75) is 38.3 Å². The molecular formula is C23H27N7O2. The van der Waals surface area contributed by atoms with Gasteiger partial charge in [0.1, 0.15) is 12.1 Å². The molecule has 0 bridgehead atoms. The molecule has 9 nitrogen and oxygen atoms in total. The maximum atomic E-state index is 13.1. The van der Waals surface area contributed by atoms with Crippen LogP contribution in [0.2, 0.25) is 0 Å². The van der Waals surface area contributed by atoms with Gasteiger partial charge in [0.25, 0.3) is 5.91 Å². The number of ether oxygens (including phenoxy) is 1. The average Bonchev–Trinajstić information content (AvgIpc) is 3.41. The second-order valence-corrected chi connectivity index (χ2v) is 8.49. The number of benzene rings is 1. The third kappa shape index (κ3) is 3.58. The van der Waals surface area contributed by atoms with E-state index in [1.54, 1.807) is 36.4 Å². The monoisotopic (exact) mass is 433 g/mol. The van der Waals surface area contributed by atoms with E-state index >= 15 is 0 Å². The number of carbonyl (C=O) groups excluding carboxylic acids is 1. The first-order valence-corrected chi connectivity index (χ1v) is 10.9. The molecule has 166 valence electrons. The first-order valence-electron chi connectivity index (χ1n) is 10.9. The number of nitrogens with one attached hydrogen (secondary N) is 2. The molecule has 3 heterocycles. The Labute approximate surface area is 185 Å². The van der Waals surface area contributed by atoms with E-state index in [1.807, 2.05) is 25.4 Å². The van der Waals surface area contributed by atoms with Crippen LogP contribution in [0.4, 0.5) is 5.69 Å². The third-order valence-electron chi connectivity index (χ3n) is 6.54. The van der Waals surface area contributed by atoms with Crippen molar-refractivity contribution in [2.24, 2.45) is 5.92 Å². The normalized spacial score (nSPS) is 21.2. The van der Waals surface area contributed by atoms with Crippen LogP contribution >= 0.6 is 0 Å². The number of amides is 1. The molecule has 3 atom stereocenters. The minimum absolute atomic E-state index is 0.258. The number of anilines is 1. The van der Waals surface area contributed by atoms with Crippen LogP contribution in [-0.4, -0.2) is 50.5 Å². The number of hydrogen-bond acceptors (Lipinski definition) is 6. The van der Waals surface area contributed by atoms with Gasteiger partial charge in [-0.3, -0.25) is 9.48 Å². The van der Waals surface area contributed by atoms with Gasteiger partial charge in [0.15, 0.2) is 0 Å². The van der Waals surface area contributed by atoms with E-state index in [-0.39, 0.29) is 5.91 Å². The second kappa shape index (κ2) is 8.23. The molecule has 1 aliphatic rings. The highest BCUT2D eigenvalue weighted by atomic mass is 16.5. The van der Waals surface area contributed by atoms with Gasteiger partial charge in [0, 0.05) is 29.9 Å².